The lowest BCUT2D eigenvalue weighted by atomic mass is 10.1. The van der Waals surface area contributed by atoms with Crippen molar-refractivity contribution >= 4 is 22.5 Å². The van der Waals surface area contributed by atoms with E-state index >= 15 is 0 Å². The van der Waals surface area contributed by atoms with Crippen LogP contribution in [-0.4, -0.2) is 27.2 Å². The maximum absolute atomic E-state index is 13.0. The zero-order valence-corrected chi connectivity index (χ0v) is 15.2. The van der Waals surface area contributed by atoms with Gasteiger partial charge in [-0.1, -0.05) is 30.3 Å². The third-order valence-electron chi connectivity index (χ3n) is 4.86. The number of ether oxygens (including phenoxy) is 1. The molecule has 0 atom stereocenters. The minimum atomic E-state index is -0.0556. The number of carbonyl (C=O) groups excluding carboxylic acids is 1. The zero-order chi connectivity index (χ0) is 18.9. The van der Waals surface area contributed by atoms with E-state index in [2.05, 4.69) is 10.1 Å². The molecule has 3 heterocycles. The van der Waals surface area contributed by atoms with Crippen LogP contribution in [0.2, 0.25) is 0 Å². The molecule has 0 unspecified atom stereocenters. The summed E-state index contributed by atoms with van der Waals surface area (Å²) in [7, 11) is 0. The first-order valence-electron chi connectivity index (χ1n) is 9.19. The van der Waals surface area contributed by atoms with E-state index in [9.17, 15) is 4.79 Å². The van der Waals surface area contributed by atoms with Crippen LogP contribution < -0.4 is 9.64 Å². The van der Waals surface area contributed by atoms with Crippen LogP contribution in [0.3, 0.4) is 0 Å². The Hall–Kier alpha value is -3.67. The normalized spacial score (nSPS) is 13.6. The number of anilines is 1. The van der Waals surface area contributed by atoms with Crippen molar-refractivity contribution in [2.75, 3.05) is 11.4 Å². The number of carbonyl (C=O) groups is 1. The summed E-state index contributed by atoms with van der Waals surface area (Å²) < 4.78 is 7.52. The van der Waals surface area contributed by atoms with Crippen molar-refractivity contribution in [3.05, 3.63) is 84.3 Å². The Bertz CT molecular complexity index is 1150. The molecule has 1 amide bonds. The van der Waals surface area contributed by atoms with Gasteiger partial charge in [0, 0.05) is 23.8 Å². The first-order chi connectivity index (χ1) is 13.8. The van der Waals surface area contributed by atoms with E-state index in [4.69, 9.17) is 4.74 Å². The van der Waals surface area contributed by atoms with Gasteiger partial charge in [0.1, 0.15) is 23.7 Å². The molecule has 6 nitrogen and oxygen atoms in total. The Balaban J connectivity index is 1.38. The number of rotatable bonds is 4. The Morgan fingerprint density at radius 2 is 1.86 bits per heavy atom. The highest BCUT2D eigenvalue weighted by Crippen LogP contribution is 2.25. The molecule has 28 heavy (non-hydrogen) atoms. The topological polar surface area (TPSA) is 60.2 Å². The minimum Gasteiger partial charge on any atom is -0.487 e. The van der Waals surface area contributed by atoms with Crippen LogP contribution in [0, 0.1) is 0 Å². The van der Waals surface area contributed by atoms with E-state index in [0.29, 0.717) is 25.4 Å². The van der Waals surface area contributed by atoms with Crippen molar-refractivity contribution in [1.29, 1.82) is 0 Å². The van der Waals surface area contributed by atoms with Crippen LogP contribution in [0.25, 0.3) is 10.9 Å². The van der Waals surface area contributed by atoms with Gasteiger partial charge in [-0.2, -0.15) is 5.10 Å². The average molecular weight is 370 g/mol. The van der Waals surface area contributed by atoms with Gasteiger partial charge in [0.15, 0.2) is 0 Å². The highest BCUT2D eigenvalue weighted by molar-refractivity contribution is 6.06. The van der Waals surface area contributed by atoms with Crippen molar-refractivity contribution in [3.63, 3.8) is 0 Å². The Morgan fingerprint density at radius 1 is 0.964 bits per heavy atom. The molecule has 1 aliphatic heterocycles. The lowest BCUT2D eigenvalue weighted by Crippen LogP contribution is -2.40. The number of nitrogens with zero attached hydrogens (tertiary/aromatic N) is 4. The number of fused-ring (bicyclic) bond motifs is 2. The fourth-order valence-corrected chi connectivity index (χ4v) is 3.46. The Labute approximate surface area is 162 Å². The molecule has 4 aromatic rings. The molecule has 0 bridgehead atoms. The van der Waals surface area contributed by atoms with Gasteiger partial charge in [-0.25, -0.2) is 0 Å². The average Bonchev–Trinajstić information content (AvgIpc) is 3.17. The second-order valence-electron chi connectivity index (χ2n) is 6.68. The fraction of sp³-hybridized carbons (Fsp3) is 0.136. The first-order valence-corrected chi connectivity index (χ1v) is 9.19. The molecule has 0 radical (unpaired) electrons. The van der Waals surface area contributed by atoms with E-state index in [1.54, 1.807) is 15.8 Å². The third-order valence-corrected chi connectivity index (χ3v) is 4.86. The van der Waals surface area contributed by atoms with Gasteiger partial charge in [0.2, 0.25) is 0 Å². The van der Waals surface area contributed by atoms with Crippen LogP contribution >= 0.6 is 0 Å². The van der Waals surface area contributed by atoms with Crippen LogP contribution in [0.4, 0.5) is 5.69 Å². The molecular formula is C22H18N4O2. The predicted molar refractivity (Wildman–Crippen MR) is 106 cm³/mol. The zero-order valence-electron chi connectivity index (χ0n) is 15.2. The van der Waals surface area contributed by atoms with Crippen molar-refractivity contribution in [2.45, 2.75) is 13.2 Å². The summed E-state index contributed by atoms with van der Waals surface area (Å²) in [4.78, 5) is 19.2. The van der Waals surface area contributed by atoms with E-state index in [-0.39, 0.29) is 5.91 Å². The molecular weight excluding hydrogens is 352 g/mol. The Kier molecular flexibility index (Phi) is 4.01. The predicted octanol–water partition coefficient (Wildman–Crippen LogP) is 3.67. The molecule has 6 heteroatoms. The first kappa shape index (κ1) is 16.5. The molecule has 0 saturated heterocycles. The maximum atomic E-state index is 13.0. The highest BCUT2D eigenvalue weighted by atomic mass is 16.5. The molecule has 0 fully saturated rings. The summed E-state index contributed by atoms with van der Waals surface area (Å²) in [6.07, 6.45) is 1.76. The van der Waals surface area contributed by atoms with Gasteiger partial charge in [-0.05, 0) is 36.4 Å². The Morgan fingerprint density at radius 3 is 2.75 bits per heavy atom. The van der Waals surface area contributed by atoms with Gasteiger partial charge in [-0.3, -0.25) is 14.5 Å². The number of aromatic nitrogens is 3. The molecule has 0 spiro atoms. The molecule has 0 aliphatic carbocycles. The van der Waals surface area contributed by atoms with Crippen molar-refractivity contribution < 1.29 is 9.53 Å². The van der Waals surface area contributed by atoms with E-state index in [1.165, 1.54) is 0 Å². The van der Waals surface area contributed by atoms with Gasteiger partial charge >= 0.3 is 0 Å². The number of hydrogen-bond acceptors (Lipinski definition) is 4. The maximum Gasteiger partial charge on any atom is 0.276 e. The molecule has 1 aliphatic rings. The number of para-hydroxylation sites is 1. The number of benzene rings is 2. The highest BCUT2D eigenvalue weighted by Gasteiger charge is 2.27. The quantitative estimate of drug-likeness (QED) is 0.550. The molecule has 2 aromatic carbocycles. The fourth-order valence-electron chi connectivity index (χ4n) is 3.46. The van der Waals surface area contributed by atoms with Crippen LogP contribution in [0.5, 0.6) is 5.75 Å². The molecule has 0 N–H and O–H groups in total. The minimum absolute atomic E-state index is 0.0556. The molecule has 0 saturated carbocycles. The van der Waals surface area contributed by atoms with E-state index < -0.39 is 0 Å². The SMILES string of the molecule is O=C1c2cc(COc3ccccc3)nn2CCN1c1ccc2cccnc2c1. The van der Waals surface area contributed by atoms with E-state index in [1.807, 2.05) is 66.7 Å². The van der Waals surface area contributed by atoms with Gasteiger partial charge in [0.25, 0.3) is 5.91 Å². The number of pyridine rings is 1. The van der Waals surface area contributed by atoms with Gasteiger partial charge in [-0.15, -0.1) is 0 Å². The molecule has 138 valence electrons. The van der Waals surface area contributed by atoms with Gasteiger partial charge < -0.3 is 9.64 Å². The van der Waals surface area contributed by atoms with Gasteiger partial charge in [0.05, 0.1) is 12.1 Å². The van der Waals surface area contributed by atoms with E-state index in [0.717, 1.165) is 28.0 Å². The largest absolute Gasteiger partial charge is 0.487 e. The van der Waals surface area contributed by atoms with Crippen LogP contribution in [0.1, 0.15) is 16.2 Å². The van der Waals surface area contributed by atoms with Crippen LogP contribution in [0.15, 0.2) is 72.9 Å². The lowest BCUT2D eigenvalue weighted by molar-refractivity contribution is 0.0962. The monoisotopic (exact) mass is 370 g/mol. The van der Waals surface area contributed by atoms with Crippen molar-refractivity contribution in [1.82, 2.24) is 14.8 Å². The second kappa shape index (κ2) is 6.81. The molecule has 2 aromatic heterocycles. The summed E-state index contributed by atoms with van der Waals surface area (Å²) in [5.74, 6) is 0.727. The lowest BCUT2D eigenvalue weighted by Gasteiger charge is -2.27. The van der Waals surface area contributed by atoms with Crippen molar-refractivity contribution in [3.8, 4) is 5.75 Å². The third kappa shape index (κ3) is 2.99. The summed E-state index contributed by atoms with van der Waals surface area (Å²) >= 11 is 0. The summed E-state index contributed by atoms with van der Waals surface area (Å²) in [5.41, 5.74) is 3.06. The number of hydrogen-bond donors (Lipinski definition) is 0. The number of amides is 1. The molecule has 5 rings (SSSR count). The van der Waals surface area contributed by atoms with Crippen LogP contribution in [-0.2, 0) is 13.2 Å². The summed E-state index contributed by atoms with van der Waals surface area (Å²) in [5, 5.41) is 5.58. The summed E-state index contributed by atoms with van der Waals surface area (Å²) in [6, 6.07) is 21.2. The standard InChI is InChI=1S/C22H18N4O2/c27-22-21-13-17(15-28-19-6-2-1-3-7-19)24-26(21)12-11-25(22)18-9-8-16-5-4-10-23-20(16)14-18/h1-10,13-14H,11-12,15H2. The second-order valence-corrected chi connectivity index (χ2v) is 6.68. The smallest absolute Gasteiger partial charge is 0.276 e. The van der Waals surface area contributed by atoms with Crippen molar-refractivity contribution in [2.24, 2.45) is 0 Å². The summed E-state index contributed by atoms with van der Waals surface area (Å²) in [6.45, 7) is 1.55.